The minimum atomic E-state index is -3.66. The Morgan fingerprint density at radius 3 is 2.50 bits per heavy atom. The lowest BCUT2D eigenvalue weighted by molar-refractivity contribution is 0.466. The second-order valence-electron chi connectivity index (χ2n) is 4.04. The van der Waals surface area contributed by atoms with Crippen molar-refractivity contribution >= 4 is 60.5 Å². The number of nitrogens with zero attached hydrogens (tertiary/aromatic N) is 1. The molecular formula is C12H10BrCl2NO2S2. The maximum Gasteiger partial charge on any atom is 0.245 e. The zero-order valence-corrected chi connectivity index (χ0v) is 15.0. The molecule has 20 heavy (non-hydrogen) atoms. The molecule has 0 radical (unpaired) electrons. The Hall–Kier alpha value is -0.110. The molecule has 8 heteroatoms. The number of sulfonamides is 1. The average Bonchev–Trinajstić information content (AvgIpc) is 2.72. The highest BCUT2D eigenvalue weighted by Gasteiger charge is 2.26. The molecule has 0 spiro atoms. The zero-order chi connectivity index (χ0) is 14.9. The molecule has 0 fully saturated rings. The molecule has 0 unspecified atom stereocenters. The van der Waals surface area contributed by atoms with Crippen LogP contribution in [-0.2, 0) is 16.6 Å². The van der Waals surface area contributed by atoms with Crippen LogP contribution in [0.25, 0.3) is 0 Å². The van der Waals surface area contributed by atoms with Crippen LogP contribution < -0.4 is 0 Å². The lowest BCUT2D eigenvalue weighted by Crippen LogP contribution is -2.26. The maximum atomic E-state index is 12.5. The fourth-order valence-electron chi connectivity index (χ4n) is 1.62. The van der Waals surface area contributed by atoms with Crippen molar-refractivity contribution in [1.82, 2.24) is 4.31 Å². The van der Waals surface area contributed by atoms with Gasteiger partial charge in [0.05, 0.1) is 4.34 Å². The Kier molecular flexibility index (Phi) is 5.15. The molecule has 108 valence electrons. The number of hydrogen-bond donors (Lipinski definition) is 0. The summed E-state index contributed by atoms with van der Waals surface area (Å²) in [5, 5.41) is 0. The van der Waals surface area contributed by atoms with Gasteiger partial charge >= 0.3 is 0 Å². The summed E-state index contributed by atoms with van der Waals surface area (Å²) >= 11 is 16.2. The normalized spacial score (nSPS) is 12.1. The largest absolute Gasteiger partial charge is 0.245 e. The van der Waals surface area contributed by atoms with Crippen LogP contribution in [0, 0.1) is 0 Å². The van der Waals surface area contributed by atoms with Gasteiger partial charge in [-0.05, 0) is 17.7 Å². The fraction of sp³-hybridized carbons (Fsp3) is 0.167. The van der Waals surface area contributed by atoms with E-state index in [-0.39, 0.29) is 15.8 Å². The van der Waals surface area contributed by atoms with Crippen LogP contribution in [0.5, 0.6) is 0 Å². The highest BCUT2D eigenvalue weighted by atomic mass is 79.9. The van der Waals surface area contributed by atoms with Gasteiger partial charge in [0.2, 0.25) is 10.0 Å². The van der Waals surface area contributed by atoms with Crippen LogP contribution in [0.3, 0.4) is 0 Å². The minimum Gasteiger partial charge on any atom is -0.207 e. The van der Waals surface area contributed by atoms with E-state index in [2.05, 4.69) is 15.9 Å². The number of halogens is 3. The summed E-state index contributed by atoms with van der Waals surface area (Å²) in [6.07, 6.45) is 0. The molecule has 0 bridgehead atoms. The SMILES string of the molecule is CN(Cc1ccccc1Br)S(=O)(=O)c1cc(Cl)sc1Cl. The lowest BCUT2D eigenvalue weighted by atomic mass is 10.2. The number of benzene rings is 1. The molecular weight excluding hydrogens is 405 g/mol. The van der Waals surface area contributed by atoms with Gasteiger partial charge in [0, 0.05) is 18.1 Å². The van der Waals surface area contributed by atoms with E-state index >= 15 is 0 Å². The summed E-state index contributed by atoms with van der Waals surface area (Å²) in [6, 6.07) is 8.83. The quantitative estimate of drug-likeness (QED) is 0.730. The van der Waals surface area contributed by atoms with Gasteiger partial charge in [0.15, 0.2) is 0 Å². The molecule has 0 aliphatic carbocycles. The molecule has 3 nitrogen and oxygen atoms in total. The summed E-state index contributed by atoms with van der Waals surface area (Å²) in [5.74, 6) is 0. The third kappa shape index (κ3) is 3.37. The molecule has 1 aromatic heterocycles. The van der Waals surface area contributed by atoms with Crippen molar-refractivity contribution in [2.75, 3.05) is 7.05 Å². The molecule has 1 heterocycles. The molecule has 0 aliphatic rings. The van der Waals surface area contributed by atoms with Crippen LogP contribution in [-0.4, -0.2) is 19.8 Å². The number of hydrogen-bond acceptors (Lipinski definition) is 3. The average molecular weight is 415 g/mol. The van der Waals surface area contributed by atoms with E-state index in [1.807, 2.05) is 24.3 Å². The molecule has 0 saturated heterocycles. The Balaban J connectivity index is 2.31. The van der Waals surface area contributed by atoms with Crippen molar-refractivity contribution in [3.8, 4) is 0 Å². The summed E-state index contributed by atoms with van der Waals surface area (Å²) in [7, 11) is -2.15. The summed E-state index contributed by atoms with van der Waals surface area (Å²) < 4.78 is 27.5. The fourth-order valence-corrected chi connectivity index (χ4v) is 5.29. The van der Waals surface area contributed by atoms with E-state index in [4.69, 9.17) is 23.2 Å². The molecule has 1 aromatic carbocycles. The standard InChI is InChI=1S/C12H10BrCl2NO2S2/c1-16(7-8-4-2-3-5-9(8)13)20(17,18)10-6-11(14)19-12(10)15/h2-6H,7H2,1H3. The van der Waals surface area contributed by atoms with Gasteiger partial charge < -0.3 is 0 Å². The van der Waals surface area contributed by atoms with Crippen LogP contribution >= 0.6 is 50.5 Å². The highest BCUT2D eigenvalue weighted by Crippen LogP contribution is 2.36. The molecule has 0 aliphatic heterocycles. The van der Waals surface area contributed by atoms with E-state index in [0.717, 1.165) is 21.4 Å². The Morgan fingerprint density at radius 1 is 1.30 bits per heavy atom. The monoisotopic (exact) mass is 413 g/mol. The first-order valence-corrected chi connectivity index (χ1v) is 9.27. The smallest absolute Gasteiger partial charge is 0.207 e. The first kappa shape index (κ1) is 16.3. The van der Waals surface area contributed by atoms with Crippen LogP contribution in [0.15, 0.2) is 39.7 Å². The molecule has 0 amide bonds. The van der Waals surface area contributed by atoms with Crippen molar-refractivity contribution in [1.29, 1.82) is 0 Å². The van der Waals surface area contributed by atoms with Gasteiger partial charge in [-0.15, -0.1) is 11.3 Å². The van der Waals surface area contributed by atoms with E-state index in [1.165, 1.54) is 17.4 Å². The third-order valence-corrected chi connectivity index (χ3v) is 6.99. The van der Waals surface area contributed by atoms with Crippen molar-refractivity contribution < 1.29 is 8.42 Å². The van der Waals surface area contributed by atoms with Gasteiger partial charge in [-0.25, -0.2) is 8.42 Å². The predicted molar refractivity (Wildman–Crippen MR) is 87.1 cm³/mol. The second-order valence-corrected chi connectivity index (χ2v) is 9.19. The highest BCUT2D eigenvalue weighted by molar-refractivity contribution is 9.10. The molecule has 0 N–H and O–H groups in total. The second kappa shape index (κ2) is 6.34. The number of thiophene rings is 1. The Bertz CT molecular complexity index is 731. The van der Waals surface area contributed by atoms with Gasteiger partial charge in [-0.2, -0.15) is 4.31 Å². The van der Waals surface area contributed by atoms with E-state index in [9.17, 15) is 8.42 Å². The minimum absolute atomic E-state index is 0.0451. The van der Waals surface area contributed by atoms with E-state index < -0.39 is 10.0 Å². The first-order valence-electron chi connectivity index (χ1n) is 5.47. The van der Waals surface area contributed by atoms with Crippen LogP contribution in [0.4, 0.5) is 0 Å². The van der Waals surface area contributed by atoms with Gasteiger partial charge in [0.25, 0.3) is 0 Å². The van der Waals surface area contributed by atoms with Crippen LogP contribution in [0.1, 0.15) is 5.56 Å². The predicted octanol–water partition coefficient (Wildman–Crippen LogP) is 4.64. The zero-order valence-electron chi connectivity index (χ0n) is 10.3. The molecule has 2 aromatic rings. The maximum absolute atomic E-state index is 12.5. The van der Waals surface area contributed by atoms with Crippen molar-refractivity contribution in [3.63, 3.8) is 0 Å². The summed E-state index contributed by atoms with van der Waals surface area (Å²) in [4.78, 5) is 0.0451. The van der Waals surface area contributed by atoms with E-state index in [0.29, 0.717) is 4.34 Å². The van der Waals surface area contributed by atoms with E-state index in [1.54, 1.807) is 0 Å². The summed E-state index contributed by atoms with van der Waals surface area (Å²) in [6.45, 7) is 0.244. The lowest BCUT2D eigenvalue weighted by Gasteiger charge is -2.17. The van der Waals surface area contributed by atoms with Crippen molar-refractivity contribution in [2.24, 2.45) is 0 Å². The van der Waals surface area contributed by atoms with Gasteiger partial charge in [0.1, 0.15) is 9.23 Å². The summed E-state index contributed by atoms with van der Waals surface area (Å²) in [5.41, 5.74) is 0.871. The topological polar surface area (TPSA) is 37.4 Å². The Morgan fingerprint density at radius 2 is 1.95 bits per heavy atom. The molecule has 2 rings (SSSR count). The van der Waals surface area contributed by atoms with Gasteiger partial charge in [-0.3, -0.25) is 0 Å². The van der Waals surface area contributed by atoms with Gasteiger partial charge in [-0.1, -0.05) is 57.3 Å². The number of rotatable bonds is 4. The van der Waals surface area contributed by atoms with Crippen molar-refractivity contribution in [2.45, 2.75) is 11.4 Å². The Labute approximate surface area is 140 Å². The van der Waals surface area contributed by atoms with Crippen molar-refractivity contribution in [3.05, 3.63) is 49.0 Å². The molecule has 0 saturated carbocycles. The first-order chi connectivity index (χ1) is 9.32. The molecule has 0 atom stereocenters. The third-order valence-electron chi connectivity index (χ3n) is 2.66. The van der Waals surface area contributed by atoms with Crippen LogP contribution in [0.2, 0.25) is 8.67 Å².